The third-order valence-corrected chi connectivity index (χ3v) is 6.12. The number of hydrogen-bond acceptors (Lipinski definition) is 11. The van der Waals surface area contributed by atoms with Gasteiger partial charge in [-0.05, 0) is 46.0 Å². The third-order valence-electron chi connectivity index (χ3n) is 5.76. The van der Waals surface area contributed by atoms with E-state index in [9.17, 15) is 33.6 Å². The van der Waals surface area contributed by atoms with Crippen LogP contribution in [0.4, 0.5) is 4.79 Å². The number of esters is 1. The zero-order valence-electron chi connectivity index (χ0n) is 24.1. The van der Waals surface area contributed by atoms with Crippen LogP contribution in [0.1, 0.15) is 60.3 Å². The van der Waals surface area contributed by atoms with Gasteiger partial charge < -0.3 is 41.8 Å². The molecule has 0 spiro atoms. The zero-order chi connectivity index (χ0) is 31.5. The predicted octanol–water partition coefficient (Wildman–Crippen LogP) is -1.28. The van der Waals surface area contributed by atoms with E-state index in [2.05, 4.69) is 33.3 Å². The SMILES string of the molecule is CC(C)C[C@@H](NC(=O)CN)C(=O)N1CCC[C@H]1C(=O)N[C@@H](CS)C(=O)N[C@@H](CC(N)=O)C(=O)OC(=O)OC(C)(C)C. The van der Waals surface area contributed by atoms with E-state index in [1.807, 2.05) is 13.8 Å². The van der Waals surface area contributed by atoms with Gasteiger partial charge in [0.2, 0.25) is 29.5 Å². The Morgan fingerprint density at radius 1 is 1.00 bits per heavy atom. The lowest BCUT2D eigenvalue weighted by Gasteiger charge is -2.30. The molecule has 0 saturated carbocycles. The summed E-state index contributed by atoms with van der Waals surface area (Å²) in [6, 6.07) is -4.76. The maximum Gasteiger partial charge on any atom is 0.516 e. The van der Waals surface area contributed by atoms with Crippen LogP contribution < -0.4 is 27.4 Å². The first-order chi connectivity index (χ1) is 19.0. The summed E-state index contributed by atoms with van der Waals surface area (Å²) in [6.45, 7) is 8.36. The standard InChI is InChI=1S/C25H42N6O9S/c1-13(2)9-14(28-19(33)11-26)22(36)31-8-6-7-17(31)21(35)30-16(12-41)20(34)29-15(10-18(27)32)23(37)39-24(38)40-25(3,4)5/h13-17,41H,6-12,26H2,1-5H3,(H2,27,32)(H,28,33)(H,29,34)(H,30,35)/t14-,15+,16+,17+/m1/s1. The van der Waals surface area contributed by atoms with E-state index in [0.717, 1.165) is 0 Å². The lowest BCUT2D eigenvalue weighted by molar-refractivity contribution is -0.147. The number of nitrogens with one attached hydrogen (secondary N) is 3. The molecule has 0 radical (unpaired) electrons. The Balaban J connectivity index is 2.97. The van der Waals surface area contributed by atoms with Crippen LogP contribution in [0.25, 0.3) is 0 Å². The van der Waals surface area contributed by atoms with Crippen LogP contribution in [-0.2, 0) is 38.2 Å². The molecule has 16 heteroatoms. The van der Waals surface area contributed by atoms with Gasteiger partial charge in [-0.15, -0.1) is 0 Å². The minimum atomic E-state index is -1.65. The largest absolute Gasteiger partial charge is 0.516 e. The fourth-order valence-electron chi connectivity index (χ4n) is 4.00. The van der Waals surface area contributed by atoms with E-state index in [1.54, 1.807) is 20.8 Å². The molecule has 1 aliphatic rings. The van der Waals surface area contributed by atoms with E-state index in [4.69, 9.17) is 16.2 Å². The number of nitrogens with two attached hydrogens (primary N) is 2. The first-order valence-electron chi connectivity index (χ1n) is 13.2. The molecule has 1 heterocycles. The van der Waals surface area contributed by atoms with Crippen molar-refractivity contribution in [3.05, 3.63) is 0 Å². The van der Waals surface area contributed by atoms with Gasteiger partial charge in [-0.25, -0.2) is 9.59 Å². The summed E-state index contributed by atoms with van der Waals surface area (Å²) < 4.78 is 9.48. The molecule has 5 amide bonds. The van der Waals surface area contributed by atoms with Crippen LogP contribution in [0.5, 0.6) is 0 Å². The maximum absolute atomic E-state index is 13.3. The maximum atomic E-state index is 13.3. The minimum absolute atomic E-state index is 0.0597. The topological polar surface area (TPSA) is 229 Å². The summed E-state index contributed by atoms with van der Waals surface area (Å²) in [7, 11) is 0. The second kappa shape index (κ2) is 16.1. The van der Waals surface area contributed by atoms with Gasteiger partial charge in [0.15, 0.2) is 0 Å². The summed E-state index contributed by atoms with van der Waals surface area (Å²) >= 11 is 4.10. The second-order valence-corrected chi connectivity index (χ2v) is 11.4. The minimum Gasteiger partial charge on any atom is -0.428 e. The molecule has 0 aromatic carbocycles. The van der Waals surface area contributed by atoms with E-state index in [-0.39, 0.29) is 24.8 Å². The summed E-state index contributed by atoms with van der Waals surface area (Å²) in [5, 5.41) is 7.35. The molecule has 0 aliphatic carbocycles. The number of nitrogens with zero attached hydrogens (tertiary/aromatic N) is 1. The molecule has 1 saturated heterocycles. The van der Waals surface area contributed by atoms with Crippen molar-refractivity contribution in [3.8, 4) is 0 Å². The van der Waals surface area contributed by atoms with Crippen molar-refractivity contribution in [1.82, 2.24) is 20.9 Å². The summed E-state index contributed by atoms with van der Waals surface area (Å²) in [4.78, 5) is 88.5. The number of likely N-dealkylation sites (tertiary alicyclic amines) is 1. The Morgan fingerprint density at radius 2 is 1.63 bits per heavy atom. The molecule has 0 unspecified atom stereocenters. The number of hydrogen-bond donors (Lipinski definition) is 6. The fraction of sp³-hybridized carbons (Fsp3) is 0.720. The van der Waals surface area contributed by atoms with Crippen LogP contribution in [0, 0.1) is 5.92 Å². The van der Waals surface area contributed by atoms with Crippen molar-refractivity contribution < 1.29 is 43.0 Å². The number of carbonyl (C=O) groups excluding carboxylic acids is 7. The molecule has 0 aromatic rings. The van der Waals surface area contributed by atoms with Crippen molar-refractivity contribution in [3.63, 3.8) is 0 Å². The third kappa shape index (κ3) is 12.3. The van der Waals surface area contributed by atoms with Crippen LogP contribution in [0.3, 0.4) is 0 Å². The van der Waals surface area contributed by atoms with Crippen molar-refractivity contribution in [2.24, 2.45) is 17.4 Å². The monoisotopic (exact) mass is 602 g/mol. The predicted molar refractivity (Wildman–Crippen MR) is 149 cm³/mol. The molecule has 7 N–H and O–H groups in total. The number of thiol groups is 1. The highest BCUT2D eigenvalue weighted by Gasteiger charge is 2.39. The van der Waals surface area contributed by atoms with E-state index in [0.29, 0.717) is 19.3 Å². The molecule has 1 fully saturated rings. The summed E-state index contributed by atoms with van der Waals surface area (Å²) in [6.07, 6.45) is -0.883. The molecule has 0 bridgehead atoms. The van der Waals surface area contributed by atoms with Gasteiger partial charge in [0.05, 0.1) is 13.0 Å². The number of primary amides is 1. The number of amides is 5. The van der Waals surface area contributed by atoms with Gasteiger partial charge in [0.25, 0.3) is 0 Å². The second-order valence-electron chi connectivity index (χ2n) is 11.0. The van der Waals surface area contributed by atoms with Crippen LogP contribution in [-0.4, -0.2) is 95.2 Å². The number of ether oxygens (including phenoxy) is 2. The first kappa shape index (κ1) is 35.6. The molecule has 0 aromatic heterocycles. The molecule has 15 nitrogen and oxygen atoms in total. The smallest absolute Gasteiger partial charge is 0.428 e. The molecule has 1 aliphatic heterocycles. The molecule has 1 rings (SSSR count). The van der Waals surface area contributed by atoms with Crippen LogP contribution in [0.15, 0.2) is 0 Å². The molecule has 232 valence electrons. The van der Waals surface area contributed by atoms with E-state index >= 15 is 0 Å². The molecular weight excluding hydrogens is 560 g/mol. The van der Waals surface area contributed by atoms with Gasteiger partial charge in [0, 0.05) is 12.3 Å². The molecule has 4 atom stereocenters. The number of rotatable bonds is 13. The van der Waals surface area contributed by atoms with Crippen molar-refractivity contribution in [1.29, 1.82) is 0 Å². The zero-order valence-corrected chi connectivity index (χ0v) is 25.0. The van der Waals surface area contributed by atoms with Crippen molar-refractivity contribution in [2.75, 3.05) is 18.8 Å². The highest BCUT2D eigenvalue weighted by Crippen LogP contribution is 2.21. The van der Waals surface area contributed by atoms with Gasteiger partial charge >= 0.3 is 12.1 Å². The first-order valence-corrected chi connectivity index (χ1v) is 13.9. The van der Waals surface area contributed by atoms with Gasteiger partial charge in [-0.3, -0.25) is 24.0 Å². The van der Waals surface area contributed by atoms with Gasteiger partial charge in [0.1, 0.15) is 29.8 Å². The van der Waals surface area contributed by atoms with E-state index < -0.39 is 77.8 Å². The Morgan fingerprint density at radius 3 is 2.15 bits per heavy atom. The van der Waals surface area contributed by atoms with E-state index in [1.165, 1.54) is 4.90 Å². The Labute approximate surface area is 244 Å². The lowest BCUT2D eigenvalue weighted by Crippen LogP contribution is -2.58. The average molecular weight is 603 g/mol. The van der Waals surface area contributed by atoms with Crippen molar-refractivity contribution in [2.45, 2.75) is 90.1 Å². The van der Waals surface area contributed by atoms with Gasteiger partial charge in [-0.1, -0.05) is 13.8 Å². The lowest BCUT2D eigenvalue weighted by atomic mass is 10.0. The fourth-order valence-corrected chi connectivity index (χ4v) is 4.26. The molecular formula is C25H42N6O9S. The summed E-state index contributed by atoms with van der Waals surface area (Å²) in [5.41, 5.74) is 9.59. The molecule has 41 heavy (non-hydrogen) atoms. The highest BCUT2D eigenvalue weighted by atomic mass is 32.1. The average Bonchev–Trinajstić information content (AvgIpc) is 3.34. The normalized spacial score (nSPS) is 17.2. The highest BCUT2D eigenvalue weighted by molar-refractivity contribution is 7.80. The summed E-state index contributed by atoms with van der Waals surface area (Å²) in [5.74, 6) is -4.94. The Hall–Kier alpha value is -3.40. The quantitative estimate of drug-likeness (QED) is 0.0831. The Kier molecular flexibility index (Phi) is 14.0. The van der Waals surface area contributed by atoms with Crippen LogP contribution in [0.2, 0.25) is 0 Å². The Bertz CT molecular complexity index is 1000. The van der Waals surface area contributed by atoms with Crippen molar-refractivity contribution >= 4 is 54.3 Å². The number of carbonyl (C=O) groups is 7. The van der Waals surface area contributed by atoms with Crippen LogP contribution >= 0.6 is 12.6 Å². The van der Waals surface area contributed by atoms with Gasteiger partial charge in [-0.2, -0.15) is 12.6 Å².